The maximum Gasteiger partial charge on any atom is 0.274 e. The number of hydrogen-bond acceptors (Lipinski definition) is 30. The van der Waals surface area contributed by atoms with Crippen molar-refractivity contribution < 1.29 is 102 Å². The maximum absolute atomic E-state index is 15.1. The van der Waals surface area contributed by atoms with Gasteiger partial charge >= 0.3 is 0 Å². The molecule has 5 aromatic carbocycles. The molecule has 5 amide bonds. The van der Waals surface area contributed by atoms with Gasteiger partial charge in [0.15, 0.2) is 5.82 Å². The number of sulfonamides is 4. The van der Waals surface area contributed by atoms with E-state index in [0.717, 1.165) is 83.7 Å². The number of benzene rings is 5. The van der Waals surface area contributed by atoms with Gasteiger partial charge in [0, 0.05) is 92.6 Å². The van der Waals surface area contributed by atoms with Crippen LogP contribution in [0.15, 0.2) is 202 Å². The molecule has 10 aromatic rings. The average Bonchev–Trinajstić information content (AvgIpc) is 0.752. The molecule has 6 atom stereocenters. The van der Waals surface area contributed by atoms with Gasteiger partial charge in [-0.15, -0.1) is 0 Å². The third-order valence-corrected chi connectivity index (χ3v) is 32.5. The third kappa shape index (κ3) is 24.3. The number of nitrogens with zero attached hydrogens (tertiary/aromatic N) is 15. The van der Waals surface area contributed by atoms with Gasteiger partial charge in [-0.1, -0.05) is 17.7 Å². The van der Waals surface area contributed by atoms with E-state index < -0.39 is 194 Å². The van der Waals surface area contributed by atoms with Gasteiger partial charge in [0.25, 0.3) is 29.5 Å². The Morgan fingerprint density at radius 2 is 0.641 bits per heavy atom. The highest BCUT2D eigenvalue weighted by Crippen LogP contribution is 2.42. The van der Waals surface area contributed by atoms with Gasteiger partial charge in [-0.2, -0.15) is 0 Å². The number of halogens is 9. The largest absolute Gasteiger partial charge is 0.495 e. The van der Waals surface area contributed by atoms with Crippen LogP contribution in [0, 0.1) is 53.5 Å². The first kappa shape index (κ1) is 107. The predicted octanol–water partition coefficient (Wildman–Crippen LogP) is 8.08. The molecule has 0 fully saturated rings. The second-order valence-corrected chi connectivity index (χ2v) is 44.1. The summed E-state index contributed by atoms with van der Waals surface area (Å²) in [6.07, 6.45) is 6.02. The fourth-order valence-electron chi connectivity index (χ4n) is 14.5. The predicted molar refractivity (Wildman–Crippen MR) is 518 cm³/mol. The number of carbonyl (C=O) groups excluding carboxylic acids is 5. The lowest BCUT2D eigenvalue weighted by molar-refractivity contribution is 0.101. The summed E-state index contributed by atoms with van der Waals surface area (Å²) in [5, 5.41) is 13.0. The quantitative estimate of drug-likeness (QED) is 0.0322. The summed E-state index contributed by atoms with van der Waals surface area (Å²) >= 11 is 5.75. The molecular formula is C88H92ClF8N25O15S5. The number of aliphatic imine (C=N–C) groups is 5. The second-order valence-electron chi connectivity index (χ2n) is 33.3. The van der Waals surface area contributed by atoms with E-state index in [9.17, 15) is 92.6 Å². The van der Waals surface area contributed by atoms with Crippen molar-refractivity contribution >= 4 is 155 Å². The molecule has 142 heavy (non-hydrogen) atoms. The number of aryl methyl sites for hydroxylation is 1. The van der Waals surface area contributed by atoms with Gasteiger partial charge in [0.05, 0.1) is 80.4 Å². The molecule has 0 saturated carbocycles. The van der Waals surface area contributed by atoms with E-state index in [1.807, 2.05) is 6.92 Å². The molecule has 40 nitrogen and oxygen atoms in total. The summed E-state index contributed by atoms with van der Waals surface area (Å²) in [5.41, 5.74) is 22.5. The number of guanidine groups is 5. The smallest absolute Gasteiger partial charge is 0.274 e. The highest BCUT2D eigenvalue weighted by Gasteiger charge is 2.48. The van der Waals surface area contributed by atoms with Crippen LogP contribution in [0.4, 0.5) is 63.6 Å². The van der Waals surface area contributed by atoms with Crippen LogP contribution < -0.4 is 60.0 Å². The van der Waals surface area contributed by atoms with Crippen molar-refractivity contribution in [1.29, 1.82) is 0 Å². The standard InChI is InChI=1S/C18H19F2N5O2S.C18H20FN5O4S.C18H20FN5O3S.C17H17ClFN5O3S.C17H16F3N5O3S/c1-18(10-28(3,27)25(2)17(21)24-18)13-8-12(5-6-14(13)20)23-16(26)15-7-4-11(19)9-22-15;1-18(10-29(26,27)24(2)17(20)23-18)13-8-11(4-6-14(13)19)22-16(25)15-7-5-12(28-3)9-21-15;1-11-4-7-15(21-9-11)16(25)22-12-5-6-14(19)13(8-12)18(2)10-28(26,27)24(3)17(20)23-18;1-17(9-28(26,27)24(2)16(20)23-17)12-7-11(4-5-13(12)19)22-15(25)14-6-3-10(18)8-21-14;1-17(8-29(27,28)25(2)16(21)24-17)13-10(19)4-6-11(14(13)20)23-15(26)12-5-3-9(18)7-22-12/h4-9H,3,10H2,1-2H3,(H2,21,24)(H,23,26);4-9H,10H2,1-3H3,(H2,20,23)(H,22,25);4-9H,10H2,1-3H3,(H2,20,23)(H,22,25);3-8H,9H2,1-2H3,(H2,20,23)(H,22,25);3-7H,8H2,1-2H3,(H2,21,24)(H,23,26)/t18-,28?;2*18-;2*17-/m00000/s1. The van der Waals surface area contributed by atoms with E-state index in [-0.39, 0.29) is 103 Å². The van der Waals surface area contributed by atoms with Crippen molar-refractivity contribution in [2.24, 2.45) is 53.6 Å². The van der Waals surface area contributed by atoms with Crippen LogP contribution in [-0.2, 0) is 77.5 Å². The topological polar surface area (TPSA) is 581 Å². The molecule has 0 bridgehead atoms. The van der Waals surface area contributed by atoms with Crippen molar-refractivity contribution in [3.63, 3.8) is 0 Å². The van der Waals surface area contributed by atoms with Crippen LogP contribution in [0.2, 0.25) is 5.02 Å². The minimum atomic E-state index is -3.97. The monoisotopic (exact) mass is 2090 g/mol. The Balaban J connectivity index is 0.000000169. The van der Waals surface area contributed by atoms with E-state index in [4.69, 9.17) is 45.0 Å². The Morgan fingerprint density at radius 1 is 0.359 bits per heavy atom. The number of rotatable bonds is 16. The van der Waals surface area contributed by atoms with Crippen LogP contribution in [0.1, 0.15) is 120 Å². The van der Waals surface area contributed by atoms with Crippen molar-refractivity contribution in [3.8, 4) is 5.75 Å². The number of aromatic nitrogens is 5. The van der Waals surface area contributed by atoms with E-state index in [2.05, 4.69) is 82.3 Å². The lowest BCUT2D eigenvalue weighted by atomic mass is 9.92. The summed E-state index contributed by atoms with van der Waals surface area (Å²) in [6, 6.07) is 31.1. The Morgan fingerprint density at radius 3 is 0.930 bits per heavy atom. The van der Waals surface area contributed by atoms with Crippen LogP contribution in [0.3, 0.4) is 0 Å². The van der Waals surface area contributed by atoms with Gasteiger partial charge < -0.3 is 60.0 Å². The fourth-order valence-corrected chi connectivity index (χ4v) is 22.1. The van der Waals surface area contributed by atoms with Gasteiger partial charge in [-0.05, 0) is 193 Å². The molecule has 0 saturated heterocycles. The van der Waals surface area contributed by atoms with E-state index >= 15 is 4.39 Å². The van der Waals surface area contributed by atoms with Crippen molar-refractivity contribution in [3.05, 3.63) is 290 Å². The van der Waals surface area contributed by atoms with Gasteiger partial charge in [-0.25, -0.2) is 135 Å². The molecule has 15 rings (SSSR count). The number of ether oxygens (including phenoxy) is 1. The molecule has 752 valence electrons. The van der Waals surface area contributed by atoms with Crippen LogP contribution >= 0.6 is 11.6 Å². The number of hydrogen-bond donors (Lipinski definition) is 10. The molecule has 5 aliphatic rings. The molecule has 15 N–H and O–H groups in total. The second kappa shape index (κ2) is 41.4. The molecule has 1 unspecified atom stereocenters. The summed E-state index contributed by atoms with van der Waals surface area (Å²) in [7, 11) is -10.0. The number of anilines is 5. The SMILES string of the molecule is C=S1(=O)C[C@@](C)(c2cc(NC(=O)c3ccc(F)cn3)ccc2F)N=C(N)N1C.CN1C(N)=N[C@](C)(c2c(F)ccc(NC(=O)c3ccc(F)cn3)c2F)CS1(=O)=O.CN1C(N)=N[C@](C)(c2cc(NC(=O)c3ccc(Cl)cn3)ccc2F)CS1(=O)=O.COc1ccc(C(=O)Nc2ccc(F)c([C@]3(C)CS(=O)(=O)N(C)C(N)=N3)c2)nc1.Cc1ccc(C(=O)Nc2ccc(F)c([C@]3(C)CS(=O)(=O)N(C)C(N)=N3)c2)nc1. The zero-order valence-electron chi connectivity index (χ0n) is 77.1. The summed E-state index contributed by atoms with van der Waals surface area (Å²) in [6.45, 7) is 9.09. The molecule has 0 aliphatic carbocycles. The molecule has 0 spiro atoms. The Kier molecular flexibility index (Phi) is 31.3. The Bertz CT molecular complexity index is 7040. The average molecular weight is 2090 g/mol. The first-order valence-electron chi connectivity index (χ1n) is 41.3. The van der Waals surface area contributed by atoms with Crippen LogP contribution in [0.25, 0.3) is 0 Å². The van der Waals surface area contributed by atoms with Gasteiger partial charge in [0.2, 0.25) is 69.9 Å². The molecule has 5 aromatic heterocycles. The fraction of sp³-hybridized carbons (Fsp3) is 0.250. The number of nitrogens with one attached hydrogen (secondary N) is 5. The summed E-state index contributed by atoms with van der Waals surface area (Å²) < 4.78 is 235. The first-order valence-corrected chi connectivity index (χ1v) is 50.0. The molecule has 10 heterocycles. The zero-order valence-corrected chi connectivity index (χ0v) is 82.0. The lowest BCUT2D eigenvalue weighted by Gasteiger charge is -2.37. The molecule has 54 heteroatoms. The molecule has 5 aliphatic heterocycles. The molecular weight excluding hydrogens is 1990 g/mol. The zero-order chi connectivity index (χ0) is 105. The number of amides is 5. The number of pyridine rings is 5. The van der Waals surface area contributed by atoms with Gasteiger partial charge in [-0.3, -0.25) is 33.3 Å². The number of nitrogens with two attached hydrogens (primary N) is 5. The van der Waals surface area contributed by atoms with Crippen molar-refractivity contribution in [2.45, 2.75) is 69.2 Å². The highest BCUT2D eigenvalue weighted by atomic mass is 35.5. The number of carbonyl (C=O) groups is 5. The minimum Gasteiger partial charge on any atom is -0.495 e. The summed E-state index contributed by atoms with van der Waals surface area (Å²) in [5.74, 6) is -8.18. The maximum atomic E-state index is 15.1. The normalized spacial score (nSPS) is 21.7. The van der Waals surface area contributed by atoms with Crippen LogP contribution in [0.5, 0.6) is 5.75 Å². The van der Waals surface area contributed by atoms with Gasteiger partial charge in [0.1, 0.15) is 103 Å². The van der Waals surface area contributed by atoms with Crippen molar-refractivity contribution in [2.75, 3.05) is 97.7 Å². The Hall–Kier alpha value is -15.1. The minimum absolute atomic E-state index is 0.000760. The number of methoxy groups -OCH3 is 1. The Labute approximate surface area is 814 Å². The van der Waals surface area contributed by atoms with E-state index in [1.165, 1.54) is 166 Å². The summed E-state index contributed by atoms with van der Waals surface area (Å²) in [4.78, 5) is 102. The highest BCUT2D eigenvalue weighted by molar-refractivity contribution is 7.98. The first-order chi connectivity index (χ1) is 66.0. The van der Waals surface area contributed by atoms with Crippen molar-refractivity contribution in [1.82, 2.24) is 46.4 Å². The van der Waals surface area contributed by atoms with Crippen LogP contribution in [-0.4, -0.2) is 221 Å². The lowest BCUT2D eigenvalue weighted by Crippen LogP contribution is -2.50. The van der Waals surface area contributed by atoms with E-state index in [1.54, 1.807) is 31.3 Å². The molecule has 0 radical (unpaired) electrons. The van der Waals surface area contributed by atoms with E-state index in [0.29, 0.717) is 10.8 Å². The third-order valence-electron chi connectivity index (χ3n) is 22.3.